The normalized spacial score (nSPS) is 18.5. The summed E-state index contributed by atoms with van der Waals surface area (Å²) in [6.45, 7) is 7.33. The maximum atomic E-state index is 13.1. The van der Waals surface area contributed by atoms with E-state index in [9.17, 15) is 9.59 Å². The fourth-order valence-corrected chi connectivity index (χ4v) is 6.03. The van der Waals surface area contributed by atoms with Crippen molar-refractivity contribution >= 4 is 11.9 Å². The third kappa shape index (κ3) is 18.8. The van der Waals surface area contributed by atoms with Gasteiger partial charge in [0.1, 0.15) is 0 Å². The van der Waals surface area contributed by atoms with Crippen molar-refractivity contribution in [3.05, 3.63) is 12.2 Å². The van der Waals surface area contributed by atoms with Gasteiger partial charge in [0.25, 0.3) is 0 Å². The average Bonchev–Trinajstić information content (AvgIpc) is 2.97. The van der Waals surface area contributed by atoms with Crippen LogP contribution < -0.4 is 0 Å². The first-order valence-corrected chi connectivity index (χ1v) is 18.0. The van der Waals surface area contributed by atoms with Gasteiger partial charge in [-0.15, -0.1) is 0 Å². The van der Waals surface area contributed by atoms with Crippen molar-refractivity contribution in [1.82, 2.24) is 0 Å². The minimum atomic E-state index is -0.820. The van der Waals surface area contributed by atoms with E-state index in [-0.39, 0.29) is 11.9 Å². The number of hydrogen-bond donors (Lipinski definition) is 0. The molecule has 0 fully saturated rings. The fourth-order valence-electron chi connectivity index (χ4n) is 6.03. The van der Waals surface area contributed by atoms with Gasteiger partial charge in [0.2, 0.25) is 0 Å². The van der Waals surface area contributed by atoms with Crippen molar-refractivity contribution in [2.24, 2.45) is 11.3 Å². The molecule has 0 aromatic carbocycles. The summed E-state index contributed by atoms with van der Waals surface area (Å²) >= 11 is 0. The molecular weight excluding hydrogens is 508 g/mol. The van der Waals surface area contributed by atoms with Crippen LogP contribution in [0.1, 0.15) is 188 Å². The Bertz CT molecular complexity index is 657. The lowest BCUT2D eigenvalue weighted by Crippen LogP contribution is -2.43. The van der Waals surface area contributed by atoms with Gasteiger partial charge in [0.15, 0.2) is 0 Å². The quantitative estimate of drug-likeness (QED) is 0.0528. The molecule has 0 aromatic heterocycles. The van der Waals surface area contributed by atoms with Gasteiger partial charge in [0.05, 0.1) is 24.5 Å². The minimum Gasteiger partial charge on any atom is -0.465 e. The summed E-state index contributed by atoms with van der Waals surface area (Å²) in [5, 5.41) is 0. The van der Waals surface area contributed by atoms with Gasteiger partial charge in [-0.25, -0.2) is 0 Å². The molecule has 0 aliphatic heterocycles. The van der Waals surface area contributed by atoms with Crippen LogP contribution in [0.25, 0.3) is 0 Å². The molecule has 0 bridgehead atoms. The van der Waals surface area contributed by atoms with Crippen LogP contribution in [-0.4, -0.2) is 25.2 Å². The summed E-state index contributed by atoms with van der Waals surface area (Å²) in [5.41, 5.74) is -0.820. The highest BCUT2D eigenvalue weighted by Crippen LogP contribution is 2.40. The molecule has 0 amide bonds. The maximum Gasteiger partial charge on any atom is 0.312 e. The van der Waals surface area contributed by atoms with Crippen molar-refractivity contribution in [2.75, 3.05) is 13.2 Å². The smallest absolute Gasteiger partial charge is 0.312 e. The largest absolute Gasteiger partial charge is 0.465 e. The molecule has 2 unspecified atom stereocenters. The van der Waals surface area contributed by atoms with E-state index >= 15 is 0 Å². The van der Waals surface area contributed by atoms with Crippen LogP contribution in [0.2, 0.25) is 0 Å². The van der Waals surface area contributed by atoms with Crippen LogP contribution in [-0.2, 0) is 19.1 Å². The highest BCUT2D eigenvalue weighted by molar-refractivity contribution is 5.85. The van der Waals surface area contributed by atoms with E-state index in [1.165, 1.54) is 128 Å². The zero-order chi connectivity index (χ0) is 29.9. The molecule has 0 aromatic rings. The topological polar surface area (TPSA) is 52.6 Å². The lowest BCUT2D eigenvalue weighted by Gasteiger charge is -2.35. The molecule has 0 saturated heterocycles. The van der Waals surface area contributed by atoms with Crippen LogP contribution >= 0.6 is 0 Å². The van der Waals surface area contributed by atoms with Gasteiger partial charge in [-0.1, -0.05) is 167 Å². The van der Waals surface area contributed by atoms with Crippen LogP contribution in [0.4, 0.5) is 0 Å². The van der Waals surface area contributed by atoms with Crippen LogP contribution in [0.3, 0.4) is 0 Å². The number of rotatable bonds is 28. The maximum absolute atomic E-state index is 13.1. The van der Waals surface area contributed by atoms with E-state index in [4.69, 9.17) is 9.47 Å². The summed E-state index contributed by atoms with van der Waals surface area (Å²) in [4.78, 5) is 26.0. The third-order valence-corrected chi connectivity index (χ3v) is 9.07. The Hall–Kier alpha value is -1.32. The number of carbonyl (C=O) groups excluding carboxylic acids is 2. The Morgan fingerprint density at radius 3 is 1.34 bits per heavy atom. The molecule has 1 aliphatic rings. The van der Waals surface area contributed by atoms with Crippen molar-refractivity contribution in [1.29, 1.82) is 0 Å². The molecule has 2 atom stereocenters. The van der Waals surface area contributed by atoms with E-state index in [0.717, 1.165) is 25.7 Å². The number of unbranched alkanes of at least 4 members (excludes halogenated alkanes) is 22. The van der Waals surface area contributed by atoms with Gasteiger partial charge < -0.3 is 9.47 Å². The van der Waals surface area contributed by atoms with Gasteiger partial charge in [-0.2, -0.15) is 0 Å². The molecule has 4 nitrogen and oxygen atoms in total. The molecule has 240 valence electrons. The highest BCUT2D eigenvalue weighted by Gasteiger charge is 2.47. The average molecular weight is 577 g/mol. The number of esters is 2. The van der Waals surface area contributed by atoms with E-state index in [1.54, 1.807) is 0 Å². The van der Waals surface area contributed by atoms with E-state index in [0.29, 0.717) is 26.1 Å². The standard InChI is InChI=1S/C37H68O4/c1-4-6-8-10-12-14-16-18-20-22-24-28-32-40-35(38)34-30-26-27-31-37(34,3)36(39)41-33-29-25-23-21-19-17-15-13-11-9-7-5-2/h26-27,34H,4-25,28-33H2,1-3H3. The molecule has 0 spiro atoms. The zero-order valence-corrected chi connectivity index (χ0v) is 27.7. The molecule has 1 aliphatic carbocycles. The second kappa shape index (κ2) is 26.3. The summed E-state index contributed by atoms with van der Waals surface area (Å²) in [6, 6.07) is 0. The van der Waals surface area contributed by atoms with E-state index in [1.807, 2.05) is 19.1 Å². The molecule has 0 N–H and O–H groups in total. The molecular formula is C37H68O4. The lowest BCUT2D eigenvalue weighted by molar-refractivity contribution is -0.169. The van der Waals surface area contributed by atoms with Crippen LogP contribution in [0.15, 0.2) is 12.2 Å². The number of allylic oxidation sites excluding steroid dienone is 2. The molecule has 41 heavy (non-hydrogen) atoms. The summed E-state index contributed by atoms with van der Waals surface area (Å²) in [5.74, 6) is -0.918. The number of carbonyl (C=O) groups is 2. The van der Waals surface area contributed by atoms with Crippen LogP contribution in [0, 0.1) is 11.3 Å². The summed E-state index contributed by atoms with van der Waals surface area (Å²) < 4.78 is 11.4. The third-order valence-electron chi connectivity index (χ3n) is 9.07. The summed E-state index contributed by atoms with van der Waals surface area (Å²) in [6.07, 6.45) is 36.0. The molecule has 0 radical (unpaired) electrons. The van der Waals surface area contributed by atoms with Crippen LogP contribution in [0.5, 0.6) is 0 Å². The molecule has 4 heteroatoms. The predicted octanol–water partition coefficient (Wildman–Crippen LogP) is 11.4. The molecule has 0 heterocycles. The summed E-state index contributed by atoms with van der Waals surface area (Å²) in [7, 11) is 0. The van der Waals surface area contributed by atoms with Gasteiger partial charge in [-0.3, -0.25) is 9.59 Å². The minimum absolute atomic E-state index is 0.234. The number of ether oxygens (including phenoxy) is 2. The second-order valence-corrected chi connectivity index (χ2v) is 13.0. The van der Waals surface area contributed by atoms with Crippen molar-refractivity contribution in [2.45, 2.75) is 188 Å². The van der Waals surface area contributed by atoms with Crippen molar-refractivity contribution < 1.29 is 19.1 Å². The Morgan fingerprint density at radius 2 is 0.927 bits per heavy atom. The Kier molecular flexibility index (Phi) is 24.2. The first-order valence-electron chi connectivity index (χ1n) is 18.0. The monoisotopic (exact) mass is 577 g/mol. The Labute approximate surface area is 255 Å². The predicted molar refractivity (Wildman–Crippen MR) is 174 cm³/mol. The van der Waals surface area contributed by atoms with E-state index in [2.05, 4.69) is 13.8 Å². The van der Waals surface area contributed by atoms with E-state index < -0.39 is 11.3 Å². The van der Waals surface area contributed by atoms with Gasteiger partial charge in [-0.05, 0) is 32.6 Å². The first-order chi connectivity index (χ1) is 20.1. The highest BCUT2D eigenvalue weighted by atomic mass is 16.5. The second-order valence-electron chi connectivity index (χ2n) is 13.0. The zero-order valence-electron chi connectivity index (χ0n) is 27.7. The molecule has 1 rings (SSSR count). The molecule has 0 saturated carbocycles. The van der Waals surface area contributed by atoms with Crippen molar-refractivity contribution in [3.63, 3.8) is 0 Å². The lowest BCUT2D eigenvalue weighted by atomic mass is 9.70. The first kappa shape index (κ1) is 37.7. The van der Waals surface area contributed by atoms with Crippen molar-refractivity contribution in [3.8, 4) is 0 Å². The Morgan fingerprint density at radius 1 is 0.561 bits per heavy atom. The van der Waals surface area contributed by atoms with Gasteiger partial charge >= 0.3 is 11.9 Å². The Balaban J connectivity index is 2.11. The number of hydrogen-bond acceptors (Lipinski definition) is 4. The van der Waals surface area contributed by atoms with Gasteiger partial charge in [0, 0.05) is 0 Å². The SMILES string of the molecule is CCCCCCCCCCCCCCOC(=O)C1CC=CCC1(C)C(=O)OCCCCCCCCCCCCCC. The fraction of sp³-hybridized carbons (Fsp3) is 0.892.